The van der Waals surface area contributed by atoms with Gasteiger partial charge in [0.1, 0.15) is 5.75 Å². The maximum atomic E-state index is 12.5. The molecular formula is C17H20NO4-. The minimum atomic E-state index is -1.17. The van der Waals surface area contributed by atoms with Gasteiger partial charge >= 0.3 is 0 Å². The molecule has 1 aromatic rings. The number of methoxy groups -OCH3 is 1. The fourth-order valence-electron chi connectivity index (χ4n) is 2.75. The first-order valence-corrected chi connectivity index (χ1v) is 7.23. The van der Waals surface area contributed by atoms with Crippen LogP contribution in [-0.4, -0.2) is 19.0 Å². The van der Waals surface area contributed by atoms with Crippen molar-refractivity contribution in [1.29, 1.82) is 0 Å². The fraction of sp³-hybridized carbons (Fsp3) is 0.412. The maximum absolute atomic E-state index is 12.5. The Hall–Kier alpha value is -2.30. The van der Waals surface area contributed by atoms with Gasteiger partial charge in [0.15, 0.2) is 0 Å². The molecule has 5 nitrogen and oxygen atoms in total. The van der Waals surface area contributed by atoms with E-state index in [1.807, 2.05) is 13.8 Å². The van der Waals surface area contributed by atoms with Gasteiger partial charge in [0.2, 0.25) is 5.91 Å². The molecule has 2 rings (SSSR count). The van der Waals surface area contributed by atoms with Crippen molar-refractivity contribution in [3.05, 3.63) is 35.4 Å². The number of hydrogen-bond donors (Lipinski definition) is 1. The average Bonchev–Trinajstić information content (AvgIpc) is 2.49. The van der Waals surface area contributed by atoms with Gasteiger partial charge in [-0.2, -0.15) is 0 Å². The van der Waals surface area contributed by atoms with Crippen molar-refractivity contribution in [2.45, 2.75) is 26.7 Å². The summed E-state index contributed by atoms with van der Waals surface area (Å²) in [5.41, 5.74) is 2.69. The van der Waals surface area contributed by atoms with Gasteiger partial charge in [0, 0.05) is 23.6 Å². The molecule has 0 saturated heterocycles. The first-order valence-electron chi connectivity index (χ1n) is 7.23. The summed E-state index contributed by atoms with van der Waals surface area (Å²) in [7, 11) is 1.55. The highest BCUT2D eigenvalue weighted by molar-refractivity contribution is 5.95. The van der Waals surface area contributed by atoms with Gasteiger partial charge in [0.25, 0.3) is 0 Å². The molecule has 0 aliphatic heterocycles. The SMILES string of the molecule is COc1cccc(NC(=O)[C@H]2CC(C)=C(C)C[C@@H]2C(=O)[O-])c1. The second-order valence-electron chi connectivity index (χ2n) is 5.72. The minimum Gasteiger partial charge on any atom is -0.550 e. The quantitative estimate of drug-likeness (QED) is 0.859. The van der Waals surface area contributed by atoms with Crippen molar-refractivity contribution >= 4 is 17.6 Å². The zero-order valence-electron chi connectivity index (χ0n) is 13.0. The van der Waals surface area contributed by atoms with E-state index in [1.165, 1.54) is 0 Å². The van der Waals surface area contributed by atoms with Gasteiger partial charge in [-0.3, -0.25) is 4.79 Å². The summed E-state index contributed by atoms with van der Waals surface area (Å²) < 4.78 is 5.11. The second-order valence-corrected chi connectivity index (χ2v) is 5.72. The highest BCUT2D eigenvalue weighted by atomic mass is 16.5. The Bertz CT molecular complexity index is 621. The van der Waals surface area contributed by atoms with E-state index in [0.29, 0.717) is 24.3 Å². The number of benzene rings is 1. The fourth-order valence-corrected chi connectivity index (χ4v) is 2.75. The maximum Gasteiger partial charge on any atom is 0.228 e. The number of amides is 1. The van der Waals surface area contributed by atoms with Crippen LogP contribution in [-0.2, 0) is 9.59 Å². The molecule has 0 radical (unpaired) electrons. The van der Waals surface area contributed by atoms with Crippen molar-refractivity contribution in [2.75, 3.05) is 12.4 Å². The summed E-state index contributed by atoms with van der Waals surface area (Å²) in [4.78, 5) is 23.8. The number of rotatable bonds is 4. The van der Waals surface area contributed by atoms with Crippen molar-refractivity contribution < 1.29 is 19.4 Å². The zero-order chi connectivity index (χ0) is 16.3. The van der Waals surface area contributed by atoms with E-state index >= 15 is 0 Å². The summed E-state index contributed by atoms with van der Waals surface area (Å²) in [5, 5.41) is 14.1. The van der Waals surface area contributed by atoms with Crippen LogP contribution in [0.2, 0.25) is 0 Å². The predicted octanol–water partition coefficient (Wildman–Crippen LogP) is 1.75. The van der Waals surface area contributed by atoms with Gasteiger partial charge in [0.05, 0.1) is 13.0 Å². The van der Waals surface area contributed by atoms with Crippen molar-refractivity contribution in [3.8, 4) is 5.75 Å². The third-order valence-corrected chi connectivity index (χ3v) is 4.24. The number of anilines is 1. The predicted molar refractivity (Wildman–Crippen MR) is 81.2 cm³/mol. The van der Waals surface area contributed by atoms with E-state index in [1.54, 1.807) is 31.4 Å². The Morgan fingerprint density at radius 2 is 1.82 bits per heavy atom. The van der Waals surface area contributed by atoms with Crippen LogP contribution in [0.25, 0.3) is 0 Å². The number of carboxylic acid groups (broad SMARTS) is 1. The van der Waals surface area contributed by atoms with Gasteiger partial charge < -0.3 is 20.0 Å². The summed E-state index contributed by atoms with van der Waals surface area (Å²) in [6.45, 7) is 3.84. The van der Waals surface area contributed by atoms with Gasteiger partial charge in [-0.1, -0.05) is 17.2 Å². The third kappa shape index (κ3) is 3.47. The lowest BCUT2D eigenvalue weighted by atomic mass is 9.76. The molecule has 0 unspecified atom stereocenters. The smallest absolute Gasteiger partial charge is 0.228 e. The molecule has 0 aromatic heterocycles. The van der Waals surface area contributed by atoms with Crippen LogP contribution in [0.4, 0.5) is 5.69 Å². The Kier molecular flexibility index (Phi) is 4.85. The molecule has 0 spiro atoms. The Morgan fingerprint density at radius 3 is 2.41 bits per heavy atom. The van der Waals surface area contributed by atoms with Crippen LogP contribution < -0.4 is 15.2 Å². The average molecular weight is 302 g/mol. The molecule has 0 bridgehead atoms. The van der Waals surface area contributed by atoms with Crippen LogP contribution in [0.5, 0.6) is 5.75 Å². The van der Waals surface area contributed by atoms with Gasteiger partial charge in [-0.05, 0) is 38.8 Å². The Balaban J connectivity index is 2.18. The Morgan fingerprint density at radius 1 is 1.18 bits per heavy atom. The van der Waals surface area contributed by atoms with Crippen LogP contribution in [0.1, 0.15) is 26.7 Å². The highest BCUT2D eigenvalue weighted by Gasteiger charge is 2.33. The van der Waals surface area contributed by atoms with Crippen LogP contribution in [0.3, 0.4) is 0 Å². The number of carbonyl (C=O) groups excluding carboxylic acids is 2. The molecule has 0 heterocycles. The molecule has 5 heteroatoms. The molecule has 1 amide bonds. The molecule has 2 atom stereocenters. The molecule has 118 valence electrons. The number of allylic oxidation sites excluding steroid dienone is 2. The Labute approximate surface area is 130 Å². The first kappa shape index (κ1) is 16.1. The van der Waals surface area contributed by atoms with Crippen molar-refractivity contribution in [2.24, 2.45) is 11.8 Å². The minimum absolute atomic E-state index is 0.297. The number of carbonyl (C=O) groups is 2. The van der Waals surface area contributed by atoms with Crippen LogP contribution >= 0.6 is 0 Å². The van der Waals surface area contributed by atoms with E-state index in [2.05, 4.69) is 5.32 Å². The monoisotopic (exact) mass is 302 g/mol. The summed E-state index contributed by atoms with van der Waals surface area (Å²) in [6.07, 6.45) is 0.810. The molecule has 1 aromatic carbocycles. The number of carboxylic acids is 1. The van der Waals surface area contributed by atoms with Crippen molar-refractivity contribution in [3.63, 3.8) is 0 Å². The largest absolute Gasteiger partial charge is 0.550 e. The molecule has 1 N–H and O–H groups in total. The van der Waals surface area contributed by atoms with E-state index in [9.17, 15) is 14.7 Å². The molecule has 1 aliphatic rings. The van der Waals surface area contributed by atoms with Crippen LogP contribution in [0.15, 0.2) is 35.4 Å². The zero-order valence-corrected chi connectivity index (χ0v) is 13.0. The lowest BCUT2D eigenvalue weighted by molar-refractivity contribution is -0.313. The number of aliphatic carboxylic acids is 1. The first-order chi connectivity index (χ1) is 10.4. The molecular weight excluding hydrogens is 282 g/mol. The topological polar surface area (TPSA) is 78.5 Å². The lowest BCUT2D eigenvalue weighted by Gasteiger charge is -2.32. The van der Waals surface area contributed by atoms with E-state index in [4.69, 9.17) is 4.74 Å². The normalized spacial score (nSPS) is 21.4. The summed E-state index contributed by atoms with van der Waals surface area (Å²) in [5.74, 6) is -2.23. The van der Waals surface area contributed by atoms with Gasteiger partial charge in [-0.15, -0.1) is 0 Å². The van der Waals surface area contributed by atoms with E-state index < -0.39 is 17.8 Å². The molecule has 22 heavy (non-hydrogen) atoms. The van der Waals surface area contributed by atoms with E-state index in [0.717, 1.165) is 11.1 Å². The third-order valence-electron chi connectivity index (χ3n) is 4.24. The molecule has 1 aliphatic carbocycles. The molecule has 0 saturated carbocycles. The van der Waals surface area contributed by atoms with E-state index in [-0.39, 0.29) is 5.91 Å². The number of nitrogens with one attached hydrogen (secondary N) is 1. The highest BCUT2D eigenvalue weighted by Crippen LogP contribution is 2.34. The number of hydrogen-bond acceptors (Lipinski definition) is 4. The molecule has 0 fully saturated rings. The summed E-state index contributed by atoms with van der Waals surface area (Å²) >= 11 is 0. The van der Waals surface area contributed by atoms with Crippen LogP contribution in [0, 0.1) is 11.8 Å². The van der Waals surface area contributed by atoms with Gasteiger partial charge in [-0.25, -0.2) is 0 Å². The second kappa shape index (κ2) is 6.64. The summed E-state index contributed by atoms with van der Waals surface area (Å²) in [6, 6.07) is 6.98. The lowest BCUT2D eigenvalue weighted by Crippen LogP contribution is -2.42. The van der Waals surface area contributed by atoms with Crippen molar-refractivity contribution in [1.82, 2.24) is 0 Å². The standard InChI is InChI=1S/C17H21NO4/c1-10-7-14(15(17(20)21)8-11(10)2)16(19)18-12-5-4-6-13(9-12)22-3/h4-6,9,14-15H,7-8H2,1-3H3,(H,18,19)(H,20,21)/p-1/t14-,15-/m0/s1. The number of ether oxygens (including phenoxy) is 1.